The van der Waals surface area contributed by atoms with Gasteiger partial charge in [0.05, 0.1) is 47.8 Å². The summed E-state index contributed by atoms with van der Waals surface area (Å²) in [5.41, 5.74) is 2.67. The van der Waals surface area contributed by atoms with E-state index in [-0.39, 0.29) is 24.1 Å². The van der Waals surface area contributed by atoms with Gasteiger partial charge in [-0.25, -0.2) is 19.2 Å². The van der Waals surface area contributed by atoms with E-state index in [1.54, 1.807) is 23.5 Å². The van der Waals surface area contributed by atoms with Crippen molar-refractivity contribution in [1.29, 1.82) is 0 Å². The Bertz CT molecular complexity index is 1860. The van der Waals surface area contributed by atoms with Crippen molar-refractivity contribution < 1.29 is 18.7 Å². The fourth-order valence-electron chi connectivity index (χ4n) is 5.28. The van der Waals surface area contributed by atoms with E-state index in [0.717, 1.165) is 37.2 Å². The van der Waals surface area contributed by atoms with E-state index < -0.39 is 0 Å². The van der Waals surface area contributed by atoms with Crippen LogP contribution in [0.4, 0.5) is 20.7 Å². The highest BCUT2D eigenvalue weighted by Crippen LogP contribution is 2.30. The third kappa shape index (κ3) is 6.15. The molecule has 0 spiro atoms. The maximum atomic E-state index is 13.6. The number of hydrogen-bond donors (Lipinski definition) is 2. The molecule has 5 heterocycles. The largest absolute Gasteiger partial charge is 0.445 e. The molecule has 0 unspecified atom stereocenters. The molecule has 0 saturated carbocycles. The summed E-state index contributed by atoms with van der Waals surface area (Å²) < 4.78 is 26.5. The molecule has 2 atom stereocenters. The van der Waals surface area contributed by atoms with Crippen LogP contribution in [0.2, 0.25) is 0 Å². The molecule has 2 aliphatic heterocycles. The first-order chi connectivity index (χ1) is 21.1. The van der Waals surface area contributed by atoms with Gasteiger partial charge in [-0.05, 0) is 42.0 Å². The monoisotopic (exact) mass is 597 g/mol. The summed E-state index contributed by atoms with van der Waals surface area (Å²) in [7, 11) is 0. The van der Waals surface area contributed by atoms with Crippen molar-refractivity contribution in [3.63, 3.8) is 0 Å². The van der Waals surface area contributed by atoms with Gasteiger partial charge in [0.1, 0.15) is 28.9 Å². The molecule has 0 aliphatic carbocycles. The average molecular weight is 598 g/mol. The number of carbonyl (C=O) groups excluding carboxylic acids is 1. The molecular formula is C31H28FN7O3S. The Hall–Kier alpha value is -4.57. The summed E-state index contributed by atoms with van der Waals surface area (Å²) in [4.78, 5) is 24.7. The van der Waals surface area contributed by atoms with Crippen molar-refractivity contribution in [3.8, 4) is 11.8 Å². The van der Waals surface area contributed by atoms with Crippen molar-refractivity contribution >= 4 is 50.1 Å². The molecule has 12 heteroatoms. The Balaban J connectivity index is 1.02. The van der Waals surface area contributed by atoms with Crippen molar-refractivity contribution in [1.82, 2.24) is 30.0 Å². The molecule has 0 radical (unpaired) electrons. The minimum absolute atomic E-state index is 0.0649. The summed E-state index contributed by atoms with van der Waals surface area (Å²) in [5.74, 6) is 6.97. The van der Waals surface area contributed by atoms with Crippen molar-refractivity contribution in [2.75, 3.05) is 38.2 Å². The third-order valence-electron chi connectivity index (χ3n) is 7.45. The number of ether oxygens (including phenoxy) is 2. The molecule has 2 aliphatic rings. The number of hydrogen-bond acceptors (Lipinski definition) is 9. The minimum Gasteiger partial charge on any atom is -0.445 e. The zero-order valence-electron chi connectivity index (χ0n) is 23.1. The predicted octanol–water partition coefficient (Wildman–Crippen LogP) is 4.52. The quantitative estimate of drug-likeness (QED) is 0.285. The lowest BCUT2D eigenvalue weighted by Crippen LogP contribution is -2.42. The third-order valence-corrected chi connectivity index (χ3v) is 8.41. The number of fused-ring (bicyclic) bond motifs is 2. The first kappa shape index (κ1) is 27.3. The number of morpholine rings is 1. The maximum Gasteiger partial charge on any atom is 0.410 e. The van der Waals surface area contributed by atoms with E-state index in [1.807, 2.05) is 35.0 Å². The van der Waals surface area contributed by atoms with Gasteiger partial charge in [0.25, 0.3) is 0 Å². The van der Waals surface area contributed by atoms with Crippen LogP contribution in [0.3, 0.4) is 0 Å². The molecule has 218 valence electrons. The van der Waals surface area contributed by atoms with E-state index in [9.17, 15) is 9.18 Å². The number of aromatic nitrogens is 4. The van der Waals surface area contributed by atoms with Crippen molar-refractivity contribution in [2.45, 2.75) is 25.1 Å². The van der Waals surface area contributed by atoms with E-state index in [1.165, 1.54) is 23.5 Å². The predicted molar refractivity (Wildman–Crippen MR) is 162 cm³/mol. The number of rotatable bonds is 5. The van der Waals surface area contributed by atoms with Crippen LogP contribution in [0.25, 0.3) is 21.1 Å². The van der Waals surface area contributed by atoms with E-state index in [4.69, 9.17) is 9.47 Å². The summed E-state index contributed by atoms with van der Waals surface area (Å²) >= 11 is 1.51. The van der Waals surface area contributed by atoms with Crippen LogP contribution < -0.4 is 10.6 Å². The number of nitrogens with one attached hydrogen (secondary N) is 2. The second-order valence-electron chi connectivity index (χ2n) is 10.5. The molecule has 1 amide bonds. The van der Waals surface area contributed by atoms with Gasteiger partial charge in [-0.1, -0.05) is 24.0 Å². The first-order valence-corrected chi connectivity index (χ1v) is 14.9. The van der Waals surface area contributed by atoms with Crippen molar-refractivity contribution in [3.05, 3.63) is 77.3 Å². The molecule has 43 heavy (non-hydrogen) atoms. The molecular weight excluding hydrogens is 569 g/mol. The summed E-state index contributed by atoms with van der Waals surface area (Å²) in [6.45, 7) is 3.27. The van der Waals surface area contributed by atoms with Gasteiger partial charge in [-0.3, -0.25) is 10.00 Å². The highest BCUT2D eigenvalue weighted by atomic mass is 32.1. The number of halogens is 1. The molecule has 2 fully saturated rings. The zero-order chi connectivity index (χ0) is 29.2. The average Bonchev–Trinajstić information content (AvgIpc) is 3.75. The molecule has 0 bridgehead atoms. The van der Waals surface area contributed by atoms with Crippen molar-refractivity contribution in [2.24, 2.45) is 0 Å². The highest BCUT2D eigenvalue weighted by molar-refractivity contribution is 7.19. The topological polar surface area (TPSA) is 106 Å². The summed E-state index contributed by atoms with van der Waals surface area (Å²) in [5, 5.41) is 13.1. The molecule has 2 saturated heterocycles. The molecule has 10 nitrogen and oxygen atoms in total. The summed E-state index contributed by atoms with van der Waals surface area (Å²) in [6, 6.07) is 14.5. The van der Waals surface area contributed by atoms with Crippen LogP contribution in [-0.2, 0) is 16.0 Å². The van der Waals surface area contributed by atoms with Gasteiger partial charge >= 0.3 is 6.09 Å². The van der Waals surface area contributed by atoms with Crippen LogP contribution in [-0.4, -0.2) is 75.7 Å². The van der Waals surface area contributed by atoms with Gasteiger partial charge in [0.15, 0.2) is 0 Å². The van der Waals surface area contributed by atoms with Crippen LogP contribution in [0.1, 0.15) is 16.9 Å². The Kier molecular flexibility index (Phi) is 7.59. The van der Waals surface area contributed by atoms with Crippen LogP contribution >= 0.6 is 11.3 Å². The van der Waals surface area contributed by atoms with Crippen LogP contribution in [0.15, 0.2) is 61.1 Å². The molecule has 7 rings (SSSR count). The number of anilines is 2. The standard InChI is InChI=1S/C31H28FN7O3S/c32-22-3-1-2-20(12-22)18-39-28-7-5-24(13-21(28)16-36-39)37-29-27-15-26(43-30(27)35-19-34-29)6-4-23-14-25(17-33-23)42-31(40)38-8-10-41-11-9-38/h1-3,5,7,12-13,15-16,19,23,25,33H,8-11,14,17-18H2,(H,34,35,37)/t23-,25+/m1/s1. The molecule has 2 N–H and O–H groups in total. The first-order valence-electron chi connectivity index (χ1n) is 14.1. The SMILES string of the molecule is O=C(O[C@@H]1CN[C@H](C#Cc2cc3c(Nc4ccc5c(cnn5Cc5cccc(F)c5)c4)ncnc3s2)C1)N1CCOCC1. The number of amides is 1. The van der Waals surface area contributed by atoms with Gasteiger partial charge in [-0.15, -0.1) is 11.3 Å². The number of carbonyl (C=O) groups is 1. The minimum atomic E-state index is -0.288. The van der Waals surface area contributed by atoms with Gasteiger partial charge in [0, 0.05) is 37.1 Å². The molecule has 2 aromatic carbocycles. The second kappa shape index (κ2) is 12.0. The Morgan fingerprint density at radius 1 is 1.19 bits per heavy atom. The smallest absolute Gasteiger partial charge is 0.410 e. The normalized spacial score (nSPS) is 18.5. The Morgan fingerprint density at radius 2 is 2.09 bits per heavy atom. The van der Waals surface area contributed by atoms with E-state index in [2.05, 4.69) is 37.5 Å². The Morgan fingerprint density at radius 3 is 2.98 bits per heavy atom. The lowest BCUT2D eigenvalue weighted by Gasteiger charge is -2.27. The lowest BCUT2D eigenvalue weighted by molar-refractivity contribution is 0.0156. The van der Waals surface area contributed by atoms with Gasteiger partial charge < -0.3 is 19.7 Å². The fourth-order valence-corrected chi connectivity index (χ4v) is 6.14. The zero-order valence-corrected chi connectivity index (χ0v) is 23.9. The fraction of sp³-hybridized carbons (Fsp3) is 0.290. The number of benzene rings is 2. The van der Waals surface area contributed by atoms with Gasteiger partial charge in [0.2, 0.25) is 0 Å². The lowest BCUT2D eigenvalue weighted by atomic mass is 10.2. The maximum absolute atomic E-state index is 13.6. The highest BCUT2D eigenvalue weighted by Gasteiger charge is 2.28. The van der Waals surface area contributed by atoms with Crippen LogP contribution in [0, 0.1) is 17.7 Å². The number of thiophene rings is 1. The van der Waals surface area contributed by atoms with Gasteiger partial charge in [-0.2, -0.15) is 5.10 Å². The van der Waals surface area contributed by atoms with E-state index in [0.29, 0.717) is 51.6 Å². The Labute approximate surface area is 250 Å². The van der Waals surface area contributed by atoms with Crippen LogP contribution in [0.5, 0.6) is 0 Å². The number of nitrogens with zero attached hydrogens (tertiary/aromatic N) is 5. The van der Waals surface area contributed by atoms with E-state index >= 15 is 0 Å². The molecule has 5 aromatic rings. The molecule has 3 aromatic heterocycles. The summed E-state index contributed by atoms with van der Waals surface area (Å²) in [6.07, 6.45) is 3.49. The second-order valence-corrected chi connectivity index (χ2v) is 11.5.